The minimum Gasteiger partial charge on any atom is -0.482 e. The molecular formula is C36H38INO10. The van der Waals surface area contributed by atoms with Crippen molar-refractivity contribution in [1.29, 1.82) is 0 Å². The Kier molecular flexibility index (Phi) is 8.94. The summed E-state index contributed by atoms with van der Waals surface area (Å²) in [5.41, 5.74) is -2.96. The average Bonchev–Trinajstić information content (AvgIpc) is 3.02. The Labute approximate surface area is 291 Å². The van der Waals surface area contributed by atoms with Crippen molar-refractivity contribution in [2.45, 2.75) is 77.8 Å². The summed E-state index contributed by atoms with van der Waals surface area (Å²) in [5.74, 6) is -2.44. The smallest absolute Gasteiger partial charge is 0.345 e. The molecule has 0 spiro atoms. The van der Waals surface area contributed by atoms with Gasteiger partial charge in [-0.25, -0.2) is 9.59 Å². The summed E-state index contributed by atoms with van der Waals surface area (Å²) in [6.45, 7) is 8.27. The summed E-state index contributed by atoms with van der Waals surface area (Å²) >= 11 is 2.15. The van der Waals surface area contributed by atoms with Gasteiger partial charge in [-0.05, 0) is 96.5 Å². The Bertz CT molecular complexity index is 1790. The standard InChI is InChI=1S/C36H38INO10/c1-19(39)44-18-35(4)26-16-28(47-32(42)21-8-10-23(37)11-9-21)36(5)31(34(26,3)13-12-27(35)45-20(2)40)30(41)29-25(48-36)15-24(46-33(29)43)22-7-6-14-38-17-22/h6-11,14-15,17,26-28,30-31,41H,12-13,16,18H2,1-5H3/t26?,27-,28-,30-,31?,34-,35?,36+/m0/s1. The van der Waals surface area contributed by atoms with E-state index in [2.05, 4.69) is 27.6 Å². The van der Waals surface area contributed by atoms with Crippen LogP contribution in [-0.2, 0) is 23.8 Å². The Morgan fingerprint density at radius 3 is 2.42 bits per heavy atom. The van der Waals surface area contributed by atoms with Gasteiger partial charge >= 0.3 is 23.5 Å². The molecule has 6 rings (SSSR count). The van der Waals surface area contributed by atoms with Crippen molar-refractivity contribution >= 4 is 40.5 Å². The summed E-state index contributed by atoms with van der Waals surface area (Å²) in [5, 5.41) is 12.3. The third kappa shape index (κ3) is 5.80. The Hall–Kier alpha value is -3.78. The van der Waals surface area contributed by atoms with Crippen LogP contribution in [0.25, 0.3) is 11.3 Å². The fourth-order valence-electron chi connectivity index (χ4n) is 8.62. The molecule has 2 fully saturated rings. The van der Waals surface area contributed by atoms with E-state index in [0.29, 0.717) is 24.0 Å². The molecule has 2 aromatic heterocycles. The predicted octanol–water partition coefficient (Wildman–Crippen LogP) is 5.65. The lowest BCUT2D eigenvalue weighted by Crippen LogP contribution is -2.71. The van der Waals surface area contributed by atoms with E-state index >= 15 is 0 Å². The number of pyridine rings is 1. The SMILES string of the molecule is CC(=O)OCC1(C)C2C[C@H](OC(=O)c3ccc(I)cc3)[C@@]3(C)Oc4cc(-c5cccnc5)oc(=O)c4[C@H](O)C3[C@@]2(C)CC[C@@H]1OC(C)=O. The fourth-order valence-corrected chi connectivity index (χ4v) is 8.98. The highest BCUT2D eigenvalue weighted by Crippen LogP contribution is 2.67. The maximum atomic E-state index is 13.7. The fraction of sp³-hybridized carbons (Fsp3) is 0.472. The van der Waals surface area contributed by atoms with E-state index < -0.39 is 70.1 Å². The molecule has 1 aliphatic heterocycles. The Morgan fingerprint density at radius 1 is 1.04 bits per heavy atom. The zero-order valence-electron chi connectivity index (χ0n) is 27.4. The first-order valence-corrected chi connectivity index (χ1v) is 17.0. The maximum absolute atomic E-state index is 13.7. The molecule has 2 saturated carbocycles. The molecular weight excluding hydrogens is 733 g/mol. The minimum absolute atomic E-state index is 0.0292. The topological polar surface area (TPSA) is 151 Å². The first-order valence-electron chi connectivity index (χ1n) is 15.9. The molecule has 3 aromatic rings. The maximum Gasteiger partial charge on any atom is 0.345 e. The summed E-state index contributed by atoms with van der Waals surface area (Å²) in [6.07, 6.45) is 1.29. The van der Waals surface area contributed by atoms with Gasteiger partial charge in [0.15, 0.2) is 0 Å². The van der Waals surface area contributed by atoms with Crippen LogP contribution in [0.1, 0.15) is 75.9 Å². The quantitative estimate of drug-likeness (QED) is 0.188. The third-order valence-electron chi connectivity index (χ3n) is 10.8. The number of hydrogen-bond acceptors (Lipinski definition) is 11. The van der Waals surface area contributed by atoms with Crippen molar-refractivity contribution in [3.05, 3.63) is 80.0 Å². The molecule has 1 N–H and O–H groups in total. The molecule has 0 amide bonds. The molecule has 3 unspecified atom stereocenters. The predicted molar refractivity (Wildman–Crippen MR) is 180 cm³/mol. The van der Waals surface area contributed by atoms with Gasteiger partial charge < -0.3 is 28.5 Å². The number of benzene rings is 1. The van der Waals surface area contributed by atoms with Gasteiger partial charge in [-0.1, -0.05) is 13.8 Å². The largest absolute Gasteiger partial charge is 0.482 e. The van der Waals surface area contributed by atoms with E-state index in [1.54, 1.807) is 61.8 Å². The highest BCUT2D eigenvalue weighted by molar-refractivity contribution is 14.1. The molecule has 1 aromatic carbocycles. The van der Waals surface area contributed by atoms with Crippen molar-refractivity contribution in [1.82, 2.24) is 4.98 Å². The van der Waals surface area contributed by atoms with Crippen LogP contribution in [-0.4, -0.2) is 52.4 Å². The van der Waals surface area contributed by atoms with Crippen LogP contribution in [0.3, 0.4) is 0 Å². The number of ether oxygens (including phenoxy) is 4. The zero-order chi connectivity index (χ0) is 34.6. The lowest BCUT2D eigenvalue weighted by atomic mass is 9.42. The number of carbonyl (C=O) groups is 3. The number of esters is 3. The molecule has 0 radical (unpaired) electrons. The second-order valence-electron chi connectivity index (χ2n) is 13.7. The number of fused-ring (bicyclic) bond motifs is 4. The molecule has 254 valence electrons. The molecule has 8 atom stereocenters. The van der Waals surface area contributed by atoms with Crippen molar-refractivity contribution in [3.63, 3.8) is 0 Å². The van der Waals surface area contributed by atoms with Crippen LogP contribution in [0.4, 0.5) is 0 Å². The first-order chi connectivity index (χ1) is 22.7. The van der Waals surface area contributed by atoms with Gasteiger partial charge in [0, 0.05) is 52.8 Å². The van der Waals surface area contributed by atoms with E-state index in [1.165, 1.54) is 13.8 Å². The van der Waals surface area contributed by atoms with Crippen LogP contribution in [0.2, 0.25) is 0 Å². The van der Waals surface area contributed by atoms with Gasteiger partial charge in [0.2, 0.25) is 0 Å². The van der Waals surface area contributed by atoms with Gasteiger partial charge in [0.25, 0.3) is 0 Å². The monoisotopic (exact) mass is 771 g/mol. The molecule has 0 saturated heterocycles. The number of halogens is 1. The average molecular weight is 772 g/mol. The van der Waals surface area contributed by atoms with Gasteiger partial charge in [0.1, 0.15) is 41.5 Å². The van der Waals surface area contributed by atoms with E-state index in [1.807, 2.05) is 13.8 Å². The number of aromatic nitrogens is 1. The molecule has 48 heavy (non-hydrogen) atoms. The normalized spacial score (nSPS) is 32.0. The Balaban J connectivity index is 1.50. The van der Waals surface area contributed by atoms with E-state index in [0.717, 1.165) is 3.57 Å². The van der Waals surface area contributed by atoms with Crippen molar-refractivity contribution in [2.24, 2.45) is 22.7 Å². The molecule has 3 heterocycles. The lowest BCUT2D eigenvalue weighted by molar-refractivity contribution is -0.266. The number of aliphatic hydroxyl groups excluding tert-OH is 1. The molecule has 2 aliphatic carbocycles. The van der Waals surface area contributed by atoms with Crippen LogP contribution in [0, 0.1) is 26.2 Å². The number of aliphatic hydroxyl groups is 1. The third-order valence-corrected chi connectivity index (χ3v) is 11.5. The second kappa shape index (κ2) is 12.6. The summed E-state index contributed by atoms with van der Waals surface area (Å²) in [6, 6.07) is 12.0. The number of rotatable bonds is 6. The van der Waals surface area contributed by atoms with E-state index in [-0.39, 0.29) is 30.1 Å². The molecule has 12 heteroatoms. The number of carbonyl (C=O) groups excluding carboxylic acids is 3. The van der Waals surface area contributed by atoms with E-state index in [4.69, 9.17) is 23.4 Å². The Morgan fingerprint density at radius 2 is 1.77 bits per heavy atom. The second-order valence-corrected chi connectivity index (χ2v) is 15.0. The van der Waals surface area contributed by atoms with Crippen LogP contribution >= 0.6 is 22.6 Å². The molecule has 11 nitrogen and oxygen atoms in total. The summed E-state index contributed by atoms with van der Waals surface area (Å²) in [4.78, 5) is 55.9. The highest BCUT2D eigenvalue weighted by Gasteiger charge is 2.71. The van der Waals surface area contributed by atoms with Crippen LogP contribution in [0.15, 0.2) is 64.1 Å². The van der Waals surface area contributed by atoms with Crippen LogP contribution in [0.5, 0.6) is 5.75 Å². The zero-order valence-corrected chi connectivity index (χ0v) is 29.5. The molecule has 0 bridgehead atoms. The molecule has 3 aliphatic rings. The van der Waals surface area contributed by atoms with Gasteiger partial charge in [-0.15, -0.1) is 0 Å². The van der Waals surface area contributed by atoms with Crippen molar-refractivity contribution in [2.75, 3.05) is 6.61 Å². The van der Waals surface area contributed by atoms with Gasteiger partial charge in [-0.3, -0.25) is 14.6 Å². The highest BCUT2D eigenvalue weighted by atomic mass is 127. The summed E-state index contributed by atoms with van der Waals surface area (Å²) < 4.78 is 31.2. The lowest BCUT2D eigenvalue weighted by Gasteiger charge is -2.66. The minimum atomic E-state index is -1.38. The number of nitrogens with zero attached hydrogens (tertiary/aromatic N) is 1. The van der Waals surface area contributed by atoms with E-state index in [9.17, 15) is 24.3 Å². The number of hydrogen-bond donors (Lipinski definition) is 1. The van der Waals surface area contributed by atoms with Gasteiger partial charge in [0.05, 0.1) is 11.7 Å². The van der Waals surface area contributed by atoms with Crippen molar-refractivity contribution in [3.8, 4) is 17.1 Å². The summed E-state index contributed by atoms with van der Waals surface area (Å²) in [7, 11) is 0. The van der Waals surface area contributed by atoms with Crippen molar-refractivity contribution < 1.29 is 42.9 Å². The van der Waals surface area contributed by atoms with Crippen LogP contribution < -0.4 is 10.4 Å². The first kappa shape index (κ1) is 34.1. The van der Waals surface area contributed by atoms with Gasteiger partial charge in [-0.2, -0.15) is 0 Å².